The standard InChI is InChI=1S/C13H11ClO2S/c14-13-8-7-12(17-13)11(16)6-5-9-3-1-2-4-10(9)15/h1-4,7-8,15H,5-6H2. The molecule has 0 fully saturated rings. The molecule has 4 heteroatoms. The fourth-order valence-corrected chi connectivity index (χ4v) is 2.57. The van der Waals surface area contributed by atoms with Crippen LogP contribution in [-0.4, -0.2) is 10.9 Å². The van der Waals surface area contributed by atoms with Crippen LogP contribution >= 0.6 is 22.9 Å². The molecule has 0 aliphatic rings. The number of halogens is 1. The maximum absolute atomic E-state index is 11.8. The lowest BCUT2D eigenvalue weighted by Gasteiger charge is -2.02. The SMILES string of the molecule is O=C(CCc1ccccc1O)c1ccc(Cl)s1. The fourth-order valence-electron chi connectivity index (χ4n) is 1.56. The van der Waals surface area contributed by atoms with Gasteiger partial charge in [0.05, 0.1) is 9.21 Å². The summed E-state index contributed by atoms with van der Waals surface area (Å²) in [5.41, 5.74) is 0.795. The zero-order valence-electron chi connectivity index (χ0n) is 9.02. The lowest BCUT2D eigenvalue weighted by molar-refractivity contribution is 0.0986. The molecular weight excluding hydrogens is 256 g/mol. The third-order valence-corrected chi connectivity index (χ3v) is 3.73. The Morgan fingerprint density at radius 2 is 2.00 bits per heavy atom. The molecule has 0 atom stereocenters. The zero-order chi connectivity index (χ0) is 12.3. The Morgan fingerprint density at radius 3 is 2.65 bits per heavy atom. The van der Waals surface area contributed by atoms with Crippen LogP contribution in [0.5, 0.6) is 5.75 Å². The van der Waals surface area contributed by atoms with E-state index in [9.17, 15) is 9.90 Å². The molecule has 1 N–H and O–H groups in total. The molecule has 0 radical (unpaired) electrons. The molecule has 0 aliphatic carbocycles. The second-order valence-corrected chi connectivity index (χ2v) is 5.37. The first-order valence-electron chi connectivity index (χ1n) is 5.22. The van der Waals surface area contributed by atoms with Crippen LogP contribution in [0.2, 0.25) is 4.34 Å². The van der Waals surface area contributed by atoms with E-state index >= 15 is 0 Å². The van der Waals surface area contributed by atoms with Gasteiger partial charge in [0.25, 0.3) is 0 Å². The average Bonchev–Trinajstić information content (AvgIpc) is 2.74. The molecule has 2 aromatic rings. The number of carbonyl (C=O) groups excluding carboxylic acids is 1. The highest BCUT2D eigenvalue weighted by Crippen LogP contribution is 2.24. The number of rotatable bonds is 4. The lowest BCUT2D eigenvalue weighted by atomic mass is 10.1. The number of aryl methyl sites for hydroxylation is 1. The highest BCUT2D eigenvalue weighted by molar-refractivity contribution is 7.18. The molecule has 0 bridgehead atoms. The van der Waals surface area contributed by atoms with Gasteiger partial charge in [-0.2, -0.15) is 0 Å². The molecule has 1 heterocycles. The highest BCUT2D eigenvalue weighted by Gasteiger charge is 2.10. The van der Waals surface area contributed by atoms with E-state index in [2.05, 4.69) is 0 Å². The van der Waals surface area contributed by atoms with Crippen molar-refractivity contribution in [2.75, 3.05) is 0 Å². The Morgan fingerprint density at radius 1 is 1.24 bits per heavy atom. The van der Waals surface area contributed by atoms with Crippen LogP contribution in [0.1, 0.15) is 21.7 Å². The number of carbonyl (C=O) groups is 1. The number of Topliss-reactive ketones (excluding diaryl/α,β-unsaturated/α-hetero) is 1. The van der Waals surface area contributed by atoms with E-state index in [1.807, 2.05) is 12.1 Å². The van der Waals surface area contributed by atoms with Crippen LogP contribution in [0.4, 0.5) is 0 Å². The van der Waals surface area contributed by atoms with E-state index in [-0.39, 0.29) is 11.5 Å². The number of aromatic hydroxyl groups is 1. The summed E-state index contributed by atoms with van der Waals surface area (Å²) in [7, 11) is 0. The first-order valence-corrected chi connectivity index (χ1v) is 6.41. The molecule has 0 saturated heterocycles. The van der Waals surface area contributed by atoms with Crippen molar-refractivity contribution >= 4 is 28.7 Å². The number of phenolic OH excluding ortho intramolecular Hbond substituents is 1. The third-order valence-electron chi connectivity index (χ3n) is 2.46. The van der Waals surface area contributed by atoms with E-state index < -0.39 is 0 Å². The lowest BCUT2D eigenvalue weighted by Crippen LogP contribution is -1.98. The fraction of sp³-hybridized carbons (Fsp3) is 0.154. The number of phenols is 1. The minimum atomic E-state index is 0.0603. The molecule has 0 amide bonds. The molecule has 88 valence electrons. The predicted molar refractivity (Wildman–Crippen MR) is 70.1 cm³/mol. The number of benzene rings is 1. The largest absolute Gasteiger partial charge is 0.508 e. The summed E-state index contributed by atoms with van der Waals surface area (Å²) in [4.78, 5) is 12.5. The van der Waals surface area contributed by atoms with E-state index in [4.69, 9.17) is 11.6 Å². The molecule has 0 unspecified atom stereocenters. The van der Waals surface area contributed by atoms with Crippen molar-refractivity contribution in [3.05, 3.63) is 51.2 Å². The van der Waals surface area contributed by atoms with Crippen LogP contribution in [0.25, 0.3) is 0 Å². The van der Waals surface area contributed by atoms with E-state index in [1.54, 1.807) is 24.3 Å². The molecule has 2 rings (SSSR count). The summed E-state index contributed by atoms with van der Waals surface area (Å²) >= 11 is 7.06. The molecular formula is C13H11ClO2S. The number of para-hydroxylation sites is 1. The van der Waals surface area contributed by atoms with Crippen LogP contribution < -0.4 is 0 Å². The van der Waals surface area contributed by atoms with Gasteiger partial charge in [0.1, 0.15) is 5.75 Å². The number of hydrogen-bond donors (Lipinski definition) is 1. The Kier molecular flexibility index (Phi) is 3.82. The Balaban J connectivity index is 1.99. The minimum absolute atomic E-state index is 0.0603. The van der Waals surface area contributed by atoms with Crippen LogP contribution in [0.15, 0.2) is 36.4 Å². The van der Waals surface area contributed by atoms with Gasteiger partial charge in [-0.05, 0) is 30.2 Å². The van der Waals surface area contributed by atoms with Gasteiger partial charge in [0.15, 0.2) is 5.78 Å². The monoisotopic (exact) mass is 266 g/mol. The second-order valence-electron chi connectivity index (χ2n) is 3.66. The topological polar surface area (TPSA) is 37.3 Å². The normalized spacial score (nSPS) is 10.4. The van der Waals surface area contributed by atoms with Gasteiger partial charge in [-0.25, -0.2) is 0 Å². The first kappa shape index (κ1) is 12.1. The zero-order valence-corrected chi connectivity index (χ0v) is 10.6. The molecule has 0 aliphatic heterocycles. The number of hydrogen-bond acceptors (Lipinski definition) is 3. The summed E-state index contributed by atoms with van der Waals surface area (Å²) in [6, 6.07) is 10.5. The van der Waals surface area contributed by atoms with Gasteiger partial charge in [-0.15, -0.1) is 11.3 Å². The van der Waals surface area contributed by atoms with Crippen LogP contribution in [0.3, 0.4) is 0 Å². The molecule has 2 nitrogen and oxygen atoms in total. The summed E-state index contributed by atoms with van der Waals surface area (Å²) in [6.45, 7) is 0. The maximum atomic E-state index is 11.8. The molecule has 1 aromatic heterocycles. The van der Waals surface area contributed by atoms with E-state index in [0.717, 1.165) is 5.56 Å². The summed E-state index contributed by atoms with van der Waals surface area (Å²) in [5, 5.41) is 9.57. The summed E-state index contributed by atoms with van der Waals surface area (Å²) < 4.78 is 0.621. The predicted octanol–water partition coefficient (Wildman–Crippen LogP) is 3.92. The Labute approximate surface area is 108 Å². The van der Waals surface area contributed by atoms with Crippen molar-refractivity contribution in [3.63, 3.8) is 0 Å². The van der Waals surface area contributed by atoms with Gasteiger partial charge in [-0.3, -0.25) is 4.79 Å². The van der Waals surface area contributed by atoms with Crippen molar-refractivity contribution < 1.29 is 9.90 Å². The van der Waals surface area contributed by atoms with Gasteiger partial charge >= 0.3 is 0 Å². The van der Waals surface area contributed by atoms with Crippen molar-refractivity contribution in [3.8, 4) is 5.75 Å². The summed E-state index contributed by atoms with van der Waals surface area (Å²) in [6.07, 6.45) is 0.926. The van der Waals surface area contributed by atoms with Crippen molar-refractivity contribution in [2.24, 2.45) is 0 Å². The number of ketones is 1. The van der Waals surface area contributed by atoms with Crippen molar-refractivity contribution in [1.29, 1.82) is 0 Å². The van der Waals surface area contributed by atoms with Gasteiger partial charge < -0.3 is 5.11 Å². The minimum Gasteiger partial charge on any atom is -0.508 e. The quantitative estimate of drug-likeness (QED) is 0.852. The molecule has 1 aromatic carbocycles. The van der Waals surface area contributed by atoms with E-state index in [0.29, 0.717) is 22.1 Å². The smallest absolute Gasteiger partial charge is 0.173 e. The third kappa shape index (κ3) is 3.08. The summed E-state index contributed by atoms with van der Waals surface area (Å²) in [5.74, 6) is 0.301. The Bertz CT molecular complexity index is 534. The average molecular weight is 267 g/mol. The molecule has 0 spiro atoms. The van der Waals surface area contributed by atoms with Crippen molar-refractivity contribution in [2.45, 2.75) is 12.8 Å². The number of thiophene rings is 1. The Hall–Kier alpha value is -1.32. The van der Waals surface area contributed by atoms with Crippen LogP contribution in [0, 0.1) is 0 Å². The molecule has 0 saturated carbocycles. The van der Waals surface area contributed by atoms with Crippen molar-refractivity contribution in [1.82, 2.24) is 0 Å². The maximum Gasteiger partial charge on any atom is 0.173 e. The first-order chi connectivity index (χ1) is 8.16. The van der Waals surface area contributed by atoms with E-state index in [1.165, 1.54) is 11.3 Å². The second kappa shape index (κ2) is 5.34. The van der Waals surface area contributed by atoms with Gasteiger partial charge in [0.2, 0.25) is 0 Å². The van der Waals surface area contributed by atoms with Gasteiger partial charge in [0, 0.05) is 6.42 Å². The van der Waals surface area contributed by atoms with Crippen LogP contribution in [-0.2, 0) is 6.42 Å². The molecule has 17 heavy (non-hydrogen) atoms. The van der Waals surface area contributed by atoms with Gasteiger partial charge in [-0.1, -0.05) is 29.8 Å². The highest BCUT2D eigenvalue weighted by atomic mass is 35.5.